The number of anilines is 1. The van der Waals surface area contributed by atoms with E-state index in [9.17, 15) is 0 Å². The van der Waals surface area contributed by atoms with Crippen molar-refractivity contribution in [3.05, 3.63) is 17.3 Å². The highest BCUT2D eigenvalue weighted by atomic mass is 32.2. The Morgan fingerprint density at radius 3 is 2.88 bits per heavy atom. The second-order valence-electron chi connectivity index (χ2n) is 4.24. The summed E-state index contributed by atoms with van der Waals surface area (Å²) in [5.41, 5.74) is 9.25. The minimum absolute atomic E-state index is 0.638. The lowest BCUT2D eigenvalue weighted by Crippen LogP contribution is -2.00. The molecule has 1 saturated carbocycles. The van der Waals surface area contributed by atoms with Crippen LogP contribution in [0.3, 0.4) is 0 Å². The maximum absolute atomic E-state index is 5.98. The Labute approximate surface area is 98.2 Å². The van der Waals surface area contributed by atoms with E-state index in [4.69, 9.17) is 5.73 Å². The molecule has 0 saturated heterocycles. The van der Waals surface area contributed by atoms with E-state index in [0.717, 1.165) is 10.7 Å². The van der Waals surface area contributed by atoms with E-state index in [0.29, 0.717) is 11.7 Å². The standard InChI is InChI=1S/C11H14N4S/c1-6-10(7-3-4-7)14-15-8(12)5-9(16-2)13-11(6)15/h5,7H,3-4,12H2,1-2H3. The van der Waals surface area contributed by atoms with Gasteiger partial charge in [0.05, 0.1) is 5.69 Å². The molecule has 0 bridgehead atoms. The van der Waals surface area contributed by atoms with Crippen LogP contribution in [-0.2, 0) is 0 Å². The predicted octanol–water partition coefficient (Wildman–Crippen LogP) is 2.22. The molecule has 0 atom stereocenters. The Bertz CT molecular complexity index is 557. The molecule has 2 aromatic heterocycles. The van der Waals surface area contributed by atoms with Crippen LogP contribution in [0.5, 0.6) is 0 Å². The van der Waals surface area contributed by atoms with Crippen molar-refractivity contribution in [3.63, 3.8) is 0 Å². The summed E-state index contributed by atoms with van der Waals surface area (Å²) in [6, 6.07) is 1.88. The van der Waals surface area contributed by atoms with Gasteiger partial charge in [-0.2, -0.15) is 9.61 Å². The van der Waals surface area contributed by atoms with Gasteiger partial charge < -0.3 is 5.73 Å². The maximum Gasteiger partial charge on any atom is 0.161 e. The van der Waals surface area contributed by atoms with Crippen LogP contribution in [0.15, 0.2) is 11.1 Å². The molecule has 16 heavy (non-hydrogen) atoms. The van der Waals surface area contributed by atoms with Crippen molar-refractivity contribution >= 4 is 23.2 Å². The summed E-state index contributed by atoms with van der Waals surface area (Å²) in [6.45, 7) is 2.09. The normalized spacial score (nSPS) is 15.9. The fourth-order valence-corrected chi connectivity index (χ4v) is 2.40. The monoisotopic (exact) mass is 234 g/mol. The third-order valence-electron chi connectivity index (χ3n) is 3.03. The van der Waals surface area contributed by atoms with Gasteiger partial charge in [-0.1, -0.05) is 0 Å². The highest BCUT2D eigenvalue weighted by Crippen LogP contribution is 2.41. The van der Waals surface area contributed by atoms with E-state index in [1.807, 2.05) is 12.3 Å². The molecule has 1 fully saturated rings. The van der Waals surface area contributed by atoms with Crippen molar-refractivity contribution in [1.29, 1.82) is 0 Å². The number of nitrogens with two attached hydrogens (primary N) is 1. The summed E-state index contributed by atoms with van der Waals surface area (Å²) in [5.74, 6) is 1.31. The van der Waals surface area contributed by atoms with Crippen LogP contribution >= 0.6 is 11.8 Å². The summed E-state index contributed by atoms with van der Waals surface area (Å²) in [4.78, 5) is 4.57. The SMILES string of the molecule is CSc1cc(N)n2nc(C3CC3)c(C)c2n1. The van der Waals surface area contributed by atoms with E-state index < -0.39 is 0 Å². The topological polar surface area (TPSA) is 56.2 Å². The van der Waals surface area contributed by atoms with Crippen molar-refractivity contribution in [3.8, 4) is 0 Å². The first-order valence-electron chi connectivity index (χ1n) is 5.40. The highest BCUT2D eigenvalue weighted by Gasteiger charge is 2.29. The van der Waals surface area contributed by atoms with Crippen LogP contribution in [0, 0.1) is 6.92 Å². The minimum Gasteiger partial charge on any atom is -0.383 e. The fourth-order valence-electron chi connectivity index (χ4n) is 1.99. The van der Waals surface area contributed by atoms with Gasteiger partial charge in [0.1, 0.15) is 10.8 Å². The van der Waals surface area contributed by atoms with Crippen molar-refractivity contribution in [2.75, 3.05) is 12.0 Å². The van der Waals surface area contributed by atoms with Gasteiger partial charge in [-0.25, -0.2) is 4.98 Å². The number of hydrogen-bond acceptors (Lipinski definition) is 4. The number of nitrogen functional groups attached to an aromatic ring is 1. The van der Waals surface area contributed by atoms with E-state index in [1.54, 1.807) is 16.3 Å². The number of thioether (sulfide) groups is 1. The first-order chi connectivity index (χ1) is 7.70. The molecule has 0 unspecified atom stereocenters. The molecule has 2 heterocycles. The van der Waals surface area contributed by atoms with Gasteiger partial charge in [0, 0.05) is 17.5 Å². The smallest absolute Gasteiger partial charge is 0.161 e. The van der Waals surface area contributed by atoms with Gasteiger partial charge in [-0.05, 0) is 26.0 Å². The van der Waals surface area contributed by atoms with Gasteiger partial charge in [0.25, 0.3) is 0 Å². The second-order valence-corrected chi connectivity index (χ2v) is 5.07. The number of rotatable bonds is 2. The van der Waals surface area contributed by atoms with Crippen molar-refractivity contribution in [2.45, 2.75) is 30.7 Å². The van der Waals surface area contributed by atoms with Crippen molar-refractivity contribution in [1.82, 2.24) is 14.6 Å². The third kappa shape index (κ3) is 1.38. The van der Waals surface area contributed by atoms with Crippen LogP contribution in [-0.4, -0.2) is 20.9 Å². The average molecular weight is 234 g/mol. The van der Waals surface area contributed by atoms with Gasteiger partial charge in [-0.15, -0.1) is 11.8 Å². The lowest BCUT2D eigenvalue weighted by Gasteiger charge is -2.01. The Morgan fingerprint density at radius 2 is 2.25 bits per heavy atom. The molecule has 0 aliphatic heterocycles. The molecule has 5 heteroatoms. The molecule has 84 valence electrons. The highest BCUT2D eigenvalue weighted by molar-refractivity contribution is 7.98. The third-order valence-corrected chi connectivity index (χ3v) is 3.66. The summed E-state index contributed by atoms with van der Waals surface area (Å²) in [5, 5.41) is 5.52. The summed E-state index contributed by atoms with van der Waals surface area (Å²) in [6.07, 6.45) is 4.51. The minimum atomic E-state index is 0.638. The van der Waals surface area contributed by atoms with Crippen molar-refractivity contribution < 1.29 is 0 Å². The lowest BCUT2D eigenvalue weighted by atomic mass is 10.2. The number of hydrogen-bond donors (Lipinski definition) is 1. The zero-order valence-electron chi connectivity index (χ0n) is 9.40. The quantitative estimate of drug-likeness (QED) is 0.639. The number of aromatic nitrogens is 3. The van der Waals surface area contributed by atoms with Gasteiger partial charge in [-0.3, -0.25) is 0 Å². The summed E-state index contributed by atoms with van der Waals surface area (Å²) >= 11 is 1.61. The van der Waals surface area contributed by atoms with Crippen molar-refractivity contribution in [2.24, 2.45) is 0 Å². The molecule has 1 aliphatic carbocycles. The molecule has 0 radical (unpaired) electrons. The number of fused-ring (bicyclic) bond motifs is 1. The van der Waals surface area contributed by atoms with Crippen LogP contribution in [0.2, 0.25) is 0 Å². The lowest BCUT2D eigenvalue weighted by molar-refractivity contribution is 0.878. The molecular weight excluding hydrogens is 220 g/mol. The molecule has 3 rings (SSSR count). The zero-order chi connectivity index (χ0) is 11.3. The number of nitrogens with zero attached hydrogens (tertiary/aromatic N) is 3. The predicted molar refractivity (Wildman–Crippen MR) is 65.9 cm³/mol. The molecule has 2 N–H and O–H groups in total. The van der Waals surface area contributed by atoms with Crippen LogP contribution in [0.25, 0.3) is 5.65 Å². The molecule has 0 spiro atoms. The summed E-state index contributed by atoms with van der Waals surface area (Å²) < 4.78 is 1.77. The van der Waals surface area contributed by atoms with Gasteiger partial charge in [0.2, 0.25) is 0 Å². The van der Waals surface area contributed by atoms with Gasteiger partial charge >= 0.3 is 0 Å². The second kappa shape index (κ2) is 3.38. The molecular formula is C11H14N4S. The van der Waals surface area contributed by atoms with Crippen LogP contribution < -0.4 is 5.73 Å². The Hall–Kier alpha value is -1.23. The molecule has 1 aliphatic rings. The molecule has 0 amide bonds. The van der Waals surface area contributed by atoms with E-state index in [-0.39, 0.29) is 0 Å². The zero-order valence-corrected chi connectivity index (χ0v) is 10.2. The maximum atomic E-state index is 5.98. The Morgan fingerprint density at radius 1 is 1.50 bits per heavy atom. The van der Waals surface area contributed by atoms with E-state index in [2.05, 4.69) is 17.0 Å². The van der Waals surface area contributed by atoms with Gasteiger partial charge in [0.15, 0.2) is 5.65 Å². The largest absolute Gasteiger partial charge is 0.383 e. The Balaban J connectivity index is 2.28. The Kier molecular flexibility index (Phi) is 2.10. The first-order valence-corrected chi connectivity index (χ1v) is 6.63. The molecule has 0 aromatic carbocycles. The summed E-state index contributed by atoms with van der Waals surface area (Å²) in [7, 11) is 0. The average Bonchev–Trinajstić information content (AvgIpc) is 3.05. The first kappa shape index (κ1) is 9.96. The van der Waals surface area contributed by atoms with E-state index >= 15 is 0 Å². The fraction of sp³-hybridized carbons (Fsp3) is 0.455. The van der Waals surface area contributed by atoms with E-state index in [1.165, 1.54) is 24.1 Å². The number of aryl methyl sites for hydroxylation is 1. The van der Waals surface area contributed by atoms with Crippen LogP contribution in [0.4, 0.5) is 5.82 Å². The molecule has 4 nitrogen and oxygen atoms in total. The molecule has 2 aromatic rings. The van der Waals surface area contributed by atoms with Crippen LogP contribution in [0.1, 0.15) is 30.0 Å².